The maximum atomic E-state index is 12.1. The molecule has 1 saturated heterocycles. The van der Waals surface area contributed by atoms with Crippen molar-refractivity contribution in [2.75, 3.05) is 19.6 Å². The van der Waals surface area contributed by atoms with Crippen LogP contribution in [0, 0.1) is 0 Å². The molecular weight excluding hydrogens is 224 g/mol. The van der Waals surface area contributed by atoms with E-state index < -0.39 is 0 Å². The minimum atomic E-state index is 0. The zero-order valence-electron chi connectivity index (χ0n) is 9.35. The van der Waals surface area contributed by atoms with Gasteiger partial charge in [-0.05, 0) is 19.1 Å². The fourth-order valence-electron chi connectivity index (χ4n) is 1.89. The van der Waals surface area contributed by atoms with Gasteiger partial charge in [0.2, 0.25) is 0 Å². The lowest BCUT2D eigenvalue weighted by molar-refractivity contribution is 0.0656. The molecule has 0 bridgehead atoms. The van der Waals surface area contributed by atoms with Gasteiger partial charge in [0.1, 0.15) is 0 Å². The largest absolute Gasteiger partial charge is 0.333 e. The molecule has 88 valence electrons. The van der Waals surface area contributed by atoms with Gasteiger partial charge >= 0.3 is 0 Å². The Kier molecular flexibility index (Phi) is 4.77. The molecule has 1 aromatic rings. The molecule has 1 N–H and O–H groups in total. The van der Waals surface area contributed by atoms with Crippen LogP contribution >= 0.6 is 12.4 Å². The summed E-state index contributed by atoms with van der Waals surface area (Å²) in [6, 6.07) is 9.76. The summed E-state index contributed by atoms with van der Waals surface area (Å²) in [6.07, 6.45) is 0. The number of rotatable bonds is 1. The molecule has 1 aromatic carbocycles. The molecule has 0 aliphatic carbocycles. The molecule has 0 spiro atoms. The van der Waals surface area contributed by atoms with Gasteiger partial charge in [0.15, 0.2) is 0 Å². The van der Waals surface area contributed by atoms with E-state index in [-0.39, 0.29) is 24.4 Å². The Balaban J connectivity index is 0.00000128. The lowest BCUT2D eigenvalue weighted by Crippen LogP contribution is -2.52. The lowest BCUT2D eigenvalue weighted by atomic mass is 10.1. The van der Waals surface area contributed by atoms with E-state index in [0.29, 0.717) is 0 Å². The van der Waals surface area contributed by atoms with Crippen molar-refractivity contribution >= 4 is 18.3 Å². The van der Waals surface area contributed by atoms with Crippen LogP contribution < -0.4 is 5.32 Å². The molecule has 1 fully saturated rings. The summed E-state index contributed by atoms with van der Waals surface area (Å²) in [6.45, 7) is 4.66. The van der Waals surface area contributed by atoms with Crippen molar-refractivity contribution in [3.63, 3.8) is 0 Å². The molecule has 0 saturated carbocycles. The normalized spacial score (nSPS) is 20.1. The van der Waals surface area contributed by atoms with Crippen LogP contribution in [-0.4, -0.2) is 36.5 Å². The molecule has 3 nitrogen and oxygen atoms in total. The molecule has 1 atom stereocenters. The van der Waals surface area contributed by atoms with E-state index in [4.69, 9.17) is 0 Å². The number of amides is 1. The summed E-state index contributed by atoms with van der Waals surface area (Å²) in [7, 11) is 0. The smallest absolute Gasteiger partial charge is 0.254 e. The number of nitrogens with zero attached hydrogens (tertiary/aromatic N) is 1. The van der Waals surface area contributed by atoms with Crippen molar-refractivity contribution < 1.29 is 4.79 Å². The SMILES string of the molecule is C[C@H]1CNCCN1C(=O)c1ccccc1.Cl. The average molecular weight is 241 g/mol. The first-order valence-corrected chi connectivity index (χ1v) is 5.36. The number of nitrogens with one attached hydrogen (secondary N) is 1. The Morgan fingerprint density at radius 1 is 1.38 bits per heavy atom. The predicted octanol–water partition coefficient (Wildman–Crippen LogP) is 1.54. The van der Waals surface area contributed by atoms with Crippen LogP contribution in [0.15, 0.2) is 30.3 Å². The molecule has 0 aromatic heterocycles. The van der Waals surface area contributed by atoms with E-state index in [1.54, 1.807) is 0 Å². The molecule has 16 heavy (non-hydrogen) atoms. The summed E-state index contributed by atoms with van der Waals surface area (Å²) in [5.41, 5.74) is 0.784. The number of hydrogen-bond acceptors (Lipinski definition) is 2. The van der Waals surface area contributed by atoms with Gasteiger partial charge in [-0.2, -0.15) is 0 Å². The second-order valence-corrected chi connectivity index (χ2v) is 3.92. The second kappa shape index (κ2) is 5.87. The molecule has 1 aliphatic heterocycles. The van der Waals surface area contributed by atoms with Crippen molar-refractivity contribution in [2.24, 2.45) is 0 Å². The number of carbonyl (C=O) groups excluding carboxylic acids is 1. The van der Waals surface area contributed by atoms with Gasteiger partial charge in [-0.3, -0.25) is 4.79 Å². The first-order chi connectivity index (χ1) is 7.29. The quantitative estimate of drug-likeness (QED) is 0.808. The zero-order valence-corrected chi connectivity index (χ0v) is 10.2. The first kappa shape index (κ1) is 13.0. The maximum absolute atomic E-state index is 12.1. The number of halogens is 1. The van der Waals surface area contributed by atoms with Crippen molar-refractivity contribution in [1.29, 1.82) is 0 Å². The van der Waals surface area contributed by atoms with Gasteiger partial charge in [0.05, 0.1) is 0 Å². The average Bonchev–Trinajstić information content (AvgIpc) is 2.30. The van der Waals surface area contributed by atoms with Crippen molar-refractivity contribution in [3.8, 4) is 0 Å². The minimum Gasteiger partial charge on any atom is -0.333 e. The number of hydrogen-bond donors (Lipinski definition) is 1. The van der Waals surface area contributed by atoms with Gasteiger partial charge in [0, 0.05) is 31.2 Å². The fourth-order valence-corrected chi connectivity index (χ4v) is 1.89. The molecule has 0 radical (unpaired) electrons. The monoisotopic (exact) mass is 240 g/mol. The molecule has 0 unspecified atom stereocenters. The highest BCUT2D eigenvalue weighted by molar-refractivity contribution is 5.94. The van der Waals surface area contributed by atoms with Crippen LogP contribution in [0.4, 0.5) is 0 Å². The fraction of sp³-hybridized carbons (Fsp3) is 0.417. The van der Waals surface area contributed by atoms with Crippen molar-refractivity contribution in [2.45, 2.75) is 13.0 Å². The van der Waals surface area contributed by atoms with Crippen LogP contribution in [-0.2, 0) is 0 Å². The Bertz CT molecular complexity index is 342. The minimum absolute atomic E-state index is 0. The zero-order chi connectivity index (χ0) is 10.7. The summed E-state index contributed by atoms with van der Waals surface area (Å²) < 4.78 is 0. The van der Waals surface area contributed by atoms with E-state index in [0.717, 1.165) is 25.2 Å². The number of benzene rings is 1. The van der Waals surface area contributed by atoms with Crippen molar-refractivity contribution in [3.05, 3.63) is 35.9 Å². The van der Waals surface area contributed by atoms with Gasteiger partial charge in [0.25, 0.3) is 5.91 Å². The van der Waals surface area contributed by atoms with Crippen LogP contribution in [0.1, 0.15) is 17.3 Å². The topological polar surface area (TPSA) is 32.3 Å². The standard InChI is InChI=1S/C12H16N2O.ClH/c1-10-9-13-7-8-14(10)12(15)11-5-3-2-4-6-11;/h2-6,10,13H,7-9H2,1H3;1H/t10-;/m0./s1. The Morgan fingerprint density at radius 3 is 2.69 bits per heavy atom. The van der Waals surface area contributed by atoms with E-state index >= 15 is 0 Å². The molecule has 1 heterocycles. The third-order valence-electron chi connectivity index (χ3n) is 2.78. The maximum Gasteiger partial charge on any atom is 0.254 e. The van der Waals surface area contributed by atoms with Gasteiger partial charge < -0.3 is 10.2 Å². The molecular formula is C12H17ClN2O. The van der Waals surface area contributed by atoms with E-state index in [1.807, 2.05) is 35.2 Å². The Labute approximate surface area is 102 Å². The molecule has 4 heteroatoms. The van der Waals surface area contributed by atoms with Crippen LogP contribution in [0.5, 0.6) is 0 Å². The van der Waals surface area contributed by atoms with Crippen LogP contribution in [0.2, 0.25) is 0 Å². The van der Waals surface area contributed by atoms with E-state index in [1.165, 1.54) is 0 Å². The third kappa shape index (κ3) is 2.74. The highest BCUT2D eigenvalue weighted by Crippen LogP contribution is 2.09. The first-order valence-electron chi connectivity index (χ1n) is 5.36. The van der Waals surface area contributed by atoms with Gasteiger partial charge in [-0.1, -0.05) is 18.2 Å². The third-order valence-corrected chi connectivity index (χ3v) is 2.78. The number of carbonyl (C=O) groups is 1. The summed E-state index contributed by atoms with van der Waals surface area (Å²) in [4.78, 5) is 14.0. The van der Waals surface area contributed by atoms with Gasteiger partial charge in [-0.25, -0.2) is 0 Å². The summed E-state index contributed by atoms with van der Waals surface area (Å²) >= 11 is 0. The highest BCUT2D eigenvalue weighted by Gasteiger charge is 2.23. The van der Waals surface area contributed by atoms with E-state index in [9.17, 15) is 4.79 Å². The van der Waals surface area contributed by atoms with Crippen LogP contribution in [0.3, 0.4) is 0 Å². The molecule has 2 rings (SSSR count). The van der Waals surface area contributed by atoms with Crippen LogP contribution in [0.25, 0.3) is 0 Å². The second-order valence-electron chi connectivity index (χ2n) is 3.92. The summed E-state index contributed by atoms with van der Waals surface area (Å²) in [5, 5.41) is 3.28. The van der Waals surface area contributed by atoms with Crippen molar-refractivity contribution in [1.82, 2.24) is 10.2 Å². The Morgan fingerprint density at radius 2 is 2.06 bits per heavy atom. The molecule has 1 amide bonds. The predicted molar refractivity (Wildman–Crippen MR) is 67.1 cm³/mol. The molecule has 1 aliphatic rings. The number of piperazine rings is 1. The summed E-state index contributed by atoms with van der Waals surface area (Å²) in [5.74, 6) is 0.143. The Hall–Kier alpha value is -1.06. The highest BCUT2D eigenvalue weighted by atomic mass is 35.5. The van der Waals surface area contributed by atoms with E-state index in [2.05, 4.69) is 12.2 Å². The van der Waals surface area contributed by atoms with Gasteiger partial charge in [-0.15, -0.1) is 12.4 Å². The lowest BCUT2D eigenvalue weighted by Gasteiger charge is -2.34.